The molecule has 0 unspecified atom stereocenters. The Morgan fingerprint density at radius 1 is 1.39 bits per heavy atom. The summed E-state index contributed by atoms with van der Waals surface area (Å²) in [7, 11) is 0. The number of hydrogen-bond donors (Lipinski definition) is 2. The quantitative estimate of drug-likeness (QED) is 0.647. The predicted molar refractivity (Wildman–Crippen MR) is 62.5 cm³/mol. The van der Waals surface area contributed by atoms with Crippen LogP contribution in [0.25, 0.3) is 0 Å². The van der Waals surface area contributed by atoms with E-state index in [0.29, 0.717) is 5.56 Å². The number of rotatable bonds is 3. The van der Waals surface area contributed by atoms with Crippen LogP contribution < -0.4 is 11.1 Å². The van der Waals surface area contributed by atoms with Crippen molar-refractivity contribution in [1.29, 1.82) is 0 Å². The molecule has 1 fully saturated rings. The van der Waals surface area contributed by atoms with Gasteiger partial charge in [-0.15, -0.1) is 0 Å². The number of anilines is 2. The van der Waals surface area contributed by atoms with Crippen LogP contribution in [0.15, 0.2) is 18.2 Å². The molecule has 3 nitrogen and oxygen atoms in total. The van der Waals surface area contributed by atoms with Crippen LogP contribution in [0.4, 0.5) is 24.5 Å². The average molecular weight is 258 g/mol. The summed E-state index contributed by atoms with van der Waals surface area (Å²) in [5.41, 5.74) is 4.59. The normalized spacial score (nSPS) is 17.3. The van der Waals surface area contributed by atoms with Crippen LogP contribution >= 0.6 is 0 Å². The van der Waals surface area contributed by atoms with Gasteiger partial charge in [0, 0.05) is 16.9 Å². The molecule has 0 radical (unpaired) electrons. The maximum absolute atomic E-state index is 12.7. The van der Waals surface area contributed by atoms with E-state index in [9.17, 15) is 18.0 Å². The van der Waals surface area contributed by atoms with E-state index < -0.39 is 11.7 Å². The Morgan fingerprint density at radius 3 is 2.39 bits per heavy atom. The van der Waals surface area contributed by atoms with Gasteiger partial charge < -0.3 is 11.1 Å². The number of hydrogen-bond acceptors (Lipinski definition) is 3. The lowest BCUT2D eigenvalue weighted by atomic mass is 10.1. The summed E-state index contributed by atoms with van der Waals surface area (Å²) >= 11 is 0. The third-order valence-electron chi connectivity index (χ3n) is 3.11. The van der Waals surface area contributed by atoms with Crippen LogP contribution in [0.2, 0.25) is 0 Å². The fourth-order valence-corrected chi connectivity index (χ4v) is 1.84. The Bertz CT molecular complexity index is 493. The predicted octanol–water partition coefficient (Wildman–Crippen LogP) is 2.98. The number of Topliss-reactive ketones (excluding diaryl/α,β-unsaturated/α-hetero) is 1. The summed E-state index contributed by atoms with van der Waals surface area (Å²) < 4.78 is 38.2. The Morgan fingerprint density at radius 2 is 2.00 bits per heavy atom. The number of alkyl halides is 3. The molecule has 1 aliphatic carbocycles. The molecule has 3 N–H and O–H groups in total. The molecule has 98 valence electrons. The number of halogens is 3. The van der Waals surface area contributed by atoms with Crippen molar-refractivity contribution in [3.8, 4) is 0 Å². The molecular weight excluding hydrogens is 245 g/mol. The molecule has 0 saturated heterocycles. The van der Waals surface area contributed by atoms with E-state index in [1.807, 2.05) is 0 Å². The zero-order valence-electron chi connectivity index (χ0n) is 9.77. The third-order valence-corrected chi connectivity index (χ3v) is 3.11. The second kappa shape index (κ2) is 3.90. The molecule has 1 aliphatic rings. The first-order valence-electron chi connectivity index (χ1n) is 5.50. The Labute approximate surface area is 102 Å². The van der Waals surface area contributed by atoms with Crippen LogP contribution in [-0.4, -0.2) is 17.5 Å². The van der Waals surface area contributed by atoms with Crippen molar-refractivity contribution < 1.29 is 18.0 Å². The van der Waals surface area contributed by atoms with Crippen molar-refractivity contribution in [2.45, 2.75) is 31.5 Å². The molecule has 0 bridgehead atoms. The van der Waals surface area contributed by atoms with E-state index in [1.54, 1.807) is 0 Å². The average Bonchev–Trinajstić information content (AvgIpc) is 2.97. The number of nitrogens with one attached hydrogen (secondary N) is 1. The fourth-order valence-electron chi connectivity index (χ4n) is 1.84. The van der Waals surface area contributed by atoms with E-state index >= 15 is 0 Å². The highest BCUT2D eigenvalue weighted by Gasteiger charge is 2.63. The van der Waals surface area contributed by atoms with Crippen LogP contribution in [-0.2, 0) is 0 Å². The molecule has 1 aromatic carbocycles. The van der Waals surface area contributed by atoms with Gasteiger partial charge in [0.25, 0.3) is 0 Å². The molecule has 18 heavy (non-hydrogen) atoms. The summed E-state index contributed by atoms with van der Waals surface area (Å²) in [5, 5.41) is 2.46. The summed E-state index contributed by atoms with van der Waals surface area (Å²) in [6.45, 7) is 1.36. The Balaban J connectivity index is 2.22. The smallest absolute Gasteiger partial charge is 0.398 e. The van der Waals surface area contributed by atoms with Gasteiger partial charge >= 0.3 is 6.18 Å². The standard InChI is InChI=1S/C12H13F3N2O/c1-7(18)9-3-2-8(6-10(9)16)17-11(4-5-11)12(13,14)15/h2-3,6,17H,4-5,16H2,1H3. The molecule has 0 amide bonds. The third kappa shape index (κ3) is 2.14. The van der Waals surface area contributed by atoms with Crippen LogP contribution in [0.5, 0.6) is 0 Å². The molecule has 0 atom stereocenters. The molecule has 0 heterocycles. The van der Waals surface area contributed by atoms with Gasteiger partial charge in [-0.2, -0.15) is 13.2 Å². The van der Waals surface area contributed by atoms with Crippen LogP contribution in [0.1, 0.15) is 30.1 Å². The lowest BCUT2D eigenvalue weighted by Crippen LogP contribution is -2.38. The SMILES string of the molecule is CC(=O)c1ccc(NC2(C(F)(F)F)CC2)cc1N. The Hall–Kier alpha value is -1.72. The first-order chi connectivity index (χ1) is 8.25. The van der Waals surface area contributed by atoms with Gasteiger partial charge in [0.1, 0.15) is 5.54 Å². The second-order valence-corrected chi connectivity index (χ2v) is 4.56. The minimum absolute atomic E-state index is 0.0604. The molecule has 1 aromatic rings. The largest absolute Gasteiger partial charge is 0.411 e. The summed E-state index contributed by atoms with van der Waals surface area (Å²) in [4.78, 5) is 11.2. The fraction of sp³-hybridized carbons (Fsp3) is 0.417. The lowest BCUT2D eigenvalue weighted by Gasteiger charge is -2.22. The maximum atomic E-state index is 12.7. The van der Waals surface area contributed by atoms with Gasteiger partial charge in [-0.1, -0.05) is 0 Å². The van der Waals surface area contributed by atoms with E-state index in [0.717, 1.165) is 0 Å². The van der Waals surface area contributed by atoms with Gasteiger partial charge in [0.15, 0.2) is 5.78 Å². The van der Waals surface area contributed by atoms with Crippen molar-refractivity contribution in [2.75, 3.05) is 11.1 Å². The first-order valence-corrected chi connectivity index (χ1v) is 5.50. The molecule has 6 heteroatoms. The van der Waals surface area contributed by atoms with Gasteiger partial charge in [-0.25, -0.2) is 0 Å². The zero-order valence-corrected chi connectivity index (χ0v) is 9.77. The van der Waals surface area contributed by atoms with Crippen molar-refractivity contribution >= 4 is 17.2 Å². The number of ketones is 1. The van der Waals surface area contributed by atoms with Crippen LogP contribution in [0, 0.1) is 0 Å². The van der Waals surface area contributed by atoms with Gasteiger partial charge in [-0.05, 0) is 38.0 Å². The van der Waals surface area contributed by atoms with Crippen molar-refractivity contribution in [1.82, 2.24) is 0 Å². The van der Waals surface area contributed by atoms with E-state index in [-0.39, 0.29) is 30.0 Å². The second-order valence-electron chi connectivity index (χ2n) is 4.56. The maximum Gasteiger partial charge on any atom is 0.411 e. The van der Waals surface area contributed by atoms with E-state index in [4.69, 9.17) is 5.73 Å². The highest BCUT2D eigenvalue weighted by atomic mass is 19.4. The van der Waals surface area contributed by atoms with Crippen molar-refractivity contribution in [2.24, 2.45) is 0 Å². The van der Waals surface area contributed by atoms with Gasteiger partial charge in [-0.3, -0.25) is 4.79 Å². The molecule has 0 aromatic heterocycles. The first kappa shape index (κ1) is 12.7. The summed E-state index contributed by atoms with van der Waals surface area (Å²) in [6.07, 6.45) is -4.16. The minimum atomic E-state index is -4.28. The van der Waals surface area contributed by atoms with E-state index in [2.05, 4.69) is 5.32 Å². The Kier molecular flexibility index (Phi) is 2.76. The monoisotopic (exact) mass is 258 g/mol. The molecular formula is C12H13F3N2O. The van der Waals surface area contributed by atoms with E-state index in [1.165, 1.54) is 25.1 Å². The zero-order chi connectivity index (χ0) is 13.6. The molecule has 0 aliphatic heterocycles. The van der Waals surface area contributed by atoms with Crippen molar-refractivity contribution in [3.05, 3.63) is 23.8 Å². The number of carbonyl (C=O) groups excluding carboxylic acids is 1. The number of benzene rings is 1. The summed E-state index contributed by atoms with van der Waals surface area (Å²) in [6, 6.07) is 4.24. The highest BCUT2D eigenvalue weighted by Crippen LogP contribution is 2.51. The topological polar surface area (TPSA) is 55.1 Å². The minimum Gasteiger partial charge on any atom is -0.398 e. The molecule has 2 rings (SSSR count). The number of nitrogens with two attached hydrogens (primary N) is 1. The summed E-state index contributed by atoms with van der Waals surface area (Å²) in [5.74, 6) is -0.212. The van der Waals surface area contributed by atoms with Gasteiger partial charge in [0.05, 0.1) is 0 Å². The lowest BCUT2D eigenvalue weighted by molar-refractivity contribution is -0.151. The van der Waals surface area contributed by atoms with Gasteiger partial charge in [0.2, 0.25) is 0 Å². The number of carbonyl (C=O) groups is 1. The highest BCUT2D eigenvalue weighted by molar-refractivity contribution is 5.99. The number of nitrogen functional groups attached to an aromatic ring is 1. The van der Waals surface area contributed by atoms with Crippen molar-refractivity contribution in [3.63, 3.8) is 0 Å². The van der Waals surface area contributed by atoms with Crippen LogP contribution in [0.3, 0.4) is 0 Å². The molecule has 0 spiro atoms. The molecule has 1 saturated carbocycles.